The lowest BCUT2D eigenvalue weighted by Crippen LogP contribution is -2.44. The van der Waals surface area contributed by atoms with E-state index >= 15 is 0 Å². The van der Waals surface area contributed by atoms with Crippen LogP contribution in [0.25, 0.3) is 10.4 Å². The monoisotopic (exact) mass is 597 g/mol. The first-order valence-electron chi connectivity index (χ1n) is 12.8. The second kappa shape index (κ2) is 13.8. The lowest BCUT2D eigenvalue weighted by molar-refractivity contribution is -0.126. The summed E-state index contributed by atoms with van der Waals surface area (Å²) in [5.41, 5.74) is 0.521. The van der Waals surface area contributed by atoms with Crippen LogP contribution in [0.4, 0.5) is 18.3 Å². The van der Waals surface area contributed by atoms with Gasteiger partial charge < -0.3 is 20.1 Å². The molecule has 3 aromatic carbocycles. The second-order valence-electron chi connectivity index (χ2n) is 9.09. The number of halogens is 3. The largest absolute Gasteiger partial charge is 0.464 e. The summed E-state index contributed by atoms with van der Waals surface area (Å²) in [5, 5.41) is 5.30. The summed E-state index contributed by atoms with van der Waals surface area (Å²) >= 11 is 0.992. The molecular weight excluding hydrogens is 571 g/mol. The molecule has 2 N–H and O–H groups in total. The Morgan fingerprint density at radius 1 is 0.952 bits per heavy atom. The molecule has 4 aromatic rings. The number of rotatable bonds is 11. The van der Waals surface area contributed by atoms with Crippen molar-refractivity contribution < 1.29 is 37.0 Å². The van der Waals surface area contributed by atoms with E-state index in [9.17, 15) is 27.6 Å². The van der Waals surface area contributed by atoms with Crippen LogP contribution in [-0.2, 0) is 20.7 Å². The molecule has 0 radical (unpaired) electrons. The number of aromatic nitrogens is 1. The molecule has 0 bridgehead atoms. The number of carbonyl (C=O) groups excluding carboxylic acids is 3. The van der Waals surface area contributed by atoms with Crippen molar-refractivity contribution in [1.29, 1.82) is 0 Å². The second-order valence-corrected chi connectivity index (χ2v) is 10.1. The van der Waals surface area contributed by atoms with Gasteiger partial charge in [0, 0.05) is 11.6 Å². The fraction of sp³-hybridized carbons (Fsp3) is 0.200. The van der Waals surface area contributed by atoms with Gasteiger partial charge in [0.15, 0.2) is 10.8 Å². The van der Waals surface area contributed by atoms with Gasteiger partial charge in [0.1, 0.15) is 35.0 Å². The van der Waals surface area contributed by atoms with Gasteiger partial charge in [-0.25, -0.2) is 22.9 Å². The predicted molar refractivity (Wildman–Crippen MR) is 151 cm³/mol. The number of ether oxygens (including phenoxy) is 2. The number of nitrogens with zero attached hydrogens (tertiary/aromatic N) is 1. The summed E-state index contributed by atoms with van der Waals surface area (Å²) in [6.45, 7) is 1.82. The smallest absolute Gasteiger partial charge is 0.358 e. The lowest BCUT2D eigenvalue weighted by atomic mass is 10.1. The van der Waals surface area contributed by atoms with Crippen LogP contribution in [0.3, 0.4) is 0 Å². The number of benzene rings is 3. The molecule has 42 heavy (non-hydrogen) atoms. The average Bonchev–Trinajstić information content (AvgIpc) is 3.36. The third-order valence-corrected chi connectivity index (χ3v) is 6.93. The number of hydrogen-bond donors (Lipinski definition) is 2. The maximum atomic E-state index is 13.5. The molecule has 0 aliphatic heterocycles. The molecule has 1 heterocycles. The number of thiazole rings is 1. The fourth-order valence-electron chi connectivity index (χ4n) is 4.06. The first-order chi connectivity index (χ1) is 20.2. The van der Waals surface area contributed by atoms with Gasteiger partial charge in [-0.3, -0.25) is 9.59 Å². The van der Waals surface area contributed by atoms with Crippen LogP contribution in [0.5, 0.6) is 11.5 Å². The fourth-order valence-corrected chi connectivity index (χ4v) is 5.04. The van der Waals surface area contributed by atoms with Crippen LogP contribution in [0.15, 0.2) is 66.7 Å². The topological polar surface area (TPSA) is 107 Å². The van der Waals surface area contributed by atoms with Crippen molar-refractivity contribution in [2.24, 2.45) is 0 Å². The highest BCUT2D eigenvalue weighted by Crippen LogP contribution is 2.40. The van der Waals surface area contributed by atoms with Crippen LogP contribution in [0, 0.1) is 17.5 Å². The standard InChI is InChI=1S/C30H26F3N3O5S/c1-3-6-23(34-25(37)15-17-13-19(32)16-20(33)14-17)28(38)36-30-35-26(29(39)40-2)27(42-30)22-7-4-5-8-24(22)41-21-11-9-18(31)10-12-21/h4-5,7-14,16,23H,3,6,15H2,1-2H3,(H,34,37)(H,35,36,38). The Morgan fingerprint density at radius 3 is 2.31 bits per heavy atom. The Bertz CT molecular complexity index is 1570. The number of esters is 1. The Labute approximate surface area is 243 Å². The van der Waals surface area contributed by atoms with Gasteiger partial charge in [-0.1, -0.05) is 36.8 Å². The SMILES string of the molecule is CCCC(NC(=O)Cc1cc(F)cc(F)c1)C(=O)Nc1nc(C(=O)OC)c(-c2ccccc2Oc2ccc(F)cc2)s1. The van der Waals surface area contributed by atoms with Gasteiger partial charge in [0.05, 0.1) is 18.4 Å². The van der Waals surface area contributed by atoms with Crippen LogP contribution in [0.1, 0.15) is 35.8 Å². The minimum atomic E-state index is -0.982. The Kier molecular flexibility index (Phi) is 9.92. The van der Waals surface area contributed by atoms with Gasteiger partial charge in [-0.15, -0.1) is 0 Å². The minimum absolute atomic E-state index is 0.0644. The Balaban J connectivity index is 1.56. The van der Waals surface area contributed by atoms with Gasteiger partial charge in [-0.05, 0) is 60.5 Å². The molecule has 0 aliphatic rings. The quantitative estimate of drug-likeness (QED) is 0.197. The zero-order valence-corrected chi connectivity index (χ0v) is 23.4. The van der Waals surface area contributed by atoms with E-state index in [4.69, 9.17) is 9.47 Å². The van der Waals surface area contributed by atoms with E-state index in [1.807, 2.05) is 6.92 Å². The molecule has 218 valence electrons. The third-order valence-electron chi connectivity index (χ3n) is 5.93. The summed E-state index contributed by atoms with van der Waals surface area (Å²) in [6.07, 6.45) is 0.476. The zero-order valence-electron chi connectivity index (χ0n) is 22.6. The molecule has 0 fully saturated rings. The maximum absolute atomic E-state index is 13.5. The molecule has 8 nitrogen and oxygen atoms in total. The molecule has 12 heteroatoms. The van der Waals surface area contributed by atoms with Crippen LogP contribution >= 0.6 is 11.3 Å². The third kappa shape index (κ3) is 7.72. The van der Waals surface area contributed by atoms with Crippen LogP contribution in [0.2, 0.25) is 0 Å². The normalized spacial score (nSPS) is 11.5. The van der Waals surface area contributed by atoms with E-state index in [1.165, 1.54) is 31.4 Å². The highest BCUT2D eigenvalue weighted by atomic mass is 32.1. The molecule has 4 rings (SSSR count). The molecule has 2 amide bonds. The highest BCUT2D eigenvalue weighted by Gasteiger charge is 2.26. The molecule has 1 aromatic heterocycles. The molecule has 0 aliphatic carbocycles. The predicted octanol–water partition coefficient (Wildman–Crippen LogP) is 6.27. The zero-order chi connectivity index (χ0) is 30.2. The van der Waals surface area contributed by atoms with Crippen molar-refractivity contribution in [3.8, 4) is 21.9 Å². The molecule has 1 atom stereocenters. The summed E-state index contributed by atoms with van der Waals surface area (Å²) in [4.78, 5) is 43.0. The van der Waals surface area contributed by atoms with Crippen molar-refractivity contribution in [2.45, 2.75) is 32.2 Å². The minimum Gasteiger partial charge on any atom is -0.464 e. The summed E-state index contributed by atoms with van der Waals surface area (Å²) in [6, 6.07) is 14.0. The maximum Gasteiger partial charge on any atom is 0.358 e. The molecule has 0 spiro atoms. The Morgan fingerprint density at radius 2 is 1.64 bits per heavy atom. The van der Waals surface area contributed by atoms with Gasteiger partial charge in [-0.2, -0.15) is 0 Å². The van der Waals surface area contributed by atoms with Gasteiger partial charge in [0.2, 0.25) is 11.8 Å². The molecule has 1 unspecified atom stereocenters. The van der Waals surface area contributed by atoms with E-state index in [0.717, 1.165) is 23.5 Å². The van der Waals surface area contributed by atoms with Crippen molar-refractivity contribution >= 4 is 34.3 Å². The lowest BCUT2D eigenvalue weighted by Gasteiger charge is -2.17. The Hall–Kier alpha value is -4.71. The van der Waals surface area contributed by atoms with Gasteiger partial charge >= 0.3 is 5.97 Å². The van der Waals surface area contributed by atoms with Crippen LogP contribution < -0.4 is 15.4 Å². The van der Waals surface area contributed by atoms with Crippen LogP contribution in [-0.4, -0.2) is 35.9 Å². The number of amides is 2. The van der Waals surface area contributed by atoms with Crippen molar-refractivity contribution in [3.63, 3.8) is 0 Å². The van der Waals surface area contributed by atoms with Crippen molar-refractivity contribution in [1.82, 2.24) is 10.3 Å². The van der Waals surface area contributed by atoms with E-state index in [1.54, 1.807) is 24.3 Å². The molecule has 0 saturated heterocycles. The number of methoxy groups -OCH3 is 1. The van der Waals surface area contributed by atoms with E-state index in [2.05, 4.69) is 15.6 Å². The first-order valence-corrected chi connectivity index (χ1v) is 13.7. The van der Waals surface area contributed by atoms with E-state index in [-0.39, 0.29) is 29.2 Å². The summed E-state index contributed by atoms with van der Waals surface area (Å²) < 4.78 is 51.2. The first kappa shape index (κ1) is 30.3. The number of hydrogen-bond acceptors (Lipinski definition) is 7. The average molecular weight is 598 g/mol. The number of anilines is 1. The molecule has 0 saturated carbocycles. The summed E-state index contributed by atoms with van der Waals surface area (Å²) in [5.74, 6) is -3.29. The summed E-state index contributed by atoms with van der Waals surface area (Å²) in [7, 11) is 1.20. The van der Waals surface area contributed by atoms with Gasteiger partial charge in [0.25, 0.3) is 0 Å². The molecular formula is C30H26F3N3O5S. The van der Waals surface area contributed by atoms with E-state index in [0.29, 0.717) is 34.4 Å². The number of para-hydroxylation sites is 1. The van der Waals surface area contributed by atoms with Crippen molar-refractivity contribution in [3.05, 3.63) is 95.4 Å². The number of carbonyl (C=O) groups is 3. The number of nitrogens with one attached hydrogen (secondary N) is 2. The van der Waals surface area contributed by atoms with E-state index < -0.39 is 41.3 Å². The van der Waals surface area contributed by atoms with Crippen molar-refractivity contribution in [2.75, 3.05) is 12.4 Å². The highest BCUT2D eigenvalue weighted by molar-refractivity contribution is 7.19.